The van der Waals surface area contributed by atoms with Crippen molar-refractivity contribution in [3.8, 4) is 28.4 Å². The Morgan fingerprint density at radius 2 is 1.80 bits per heavy atom. The standard InChI is InChI=1S/C25H26FN7O2/c1-25(2,3)22-32-20(21(33-22)18-11-12-28-23(27)30-18)14-5-10-17(26)19(13-14)31-24(34)29-15-6-8-16(35-4)9-7-15/h5-13H,1-4H3,(H,32,33)(H2,27,28,30)(H2,29,31,34). The average molecular weight is 476 g/mol. The molecule has 0 aliphatic heterocycles. The predicted molar refractivity (Wildman–Crippen MR) is 134 cm³/mol. The largest absolute Gasteiger partial charge is 0.497 e. The molecule has 4 aromatic rings. The Balaban J connectivity index is 1.67. The number of carbonyl (C=O) groups is 1. The van der Waals surface area contributed by atoms with Crippen LogP contribution in [0.3, 0.4) is 0 Å². The lowest BCUT2D eigenvalue weighted by atomic mass is 9.96. The zero-order valence-corrected chi connectivity index (χ0v) is 19.8. The number of benzene rings is 2. The molecule has 2 heterocycles. The first kappa shape index (κ1) is 23.7. The summed E-state index contributed by atoms with van der Waals surface area (Å²) >= 11 is 0. The van der Waals surface area contributed by atoms with Crippen LogP contribution in [0.1, 0.15) is 26.6 Å². The molecule has 0 bridgehead atoms. The van der Waals surface area contributed by atoms with Gasteiger partial charge in [-0.25, -0.2) is 24.1 Å². The van der Waals surface area contributed by atoms with Gasteiger partial charge in [0, 0.05) is 22.9 Å². The fraction of sp³-hybridized carbons (Fsp3) is 0.200. The number of H-pyrrole nitrogens is 1. The molecule has 0 unspecified atom stereocenters. The highest BCUT2D eigenvalue weighted by molar-refractivity contribution is 6.00. The zero-order valence-electron chi connectivity index (χ0n) is 19.8. The van der Waals surface area contributed by atoms with Crippen molar-refractivity contribution < 1.29 is 13.9 Å². The van der Waals surface area contributed by atoms with Gasteiger partial charge in [-0.3, -0.25) is 0 Å². The Kier molecular flexibility index (Phi) is 6.37. The number of rotatable bonds is 5. The molecule has 0 saturated carbocycles. The van der Waals surface area contributed by atoms with E-state index in [2.05, 4.69) is 25.6 Å². The maximum Gasteiger partial charge on any atom is 0.323 e. The molecule has 10 heteroatoms. The van der Waals surface area contributed by atoms with Crippen molar-refractivity contribution in [3.63, 3.8) is 0 Å². The molecule has 2 aromatic heterocycles. The molecule has 4 rings (SSSR count). The maximum atomic E-state index is 14.6. The second kappa shape index (κ2) is 9.41. The molecular weight excluding hydrogens is 449 g/mol. The van der Waals surface area contributed by atoms with Gasteiger partial charge < -0.3 is 26.1 Å². The lowest BCUT2D eigenvalue weighted by Crippen LogP contribution is -2.20. The summed E-state index contributed by atoms with van der Waals surface area (Å²) in [7, 11) is 1.56. The van der Waals surface area contributed by atoms with Crippen LogP contribution in [0, 0.1) is 5.82 Å². The summed E-state index contributed by atoms with van der Waals surface area (Å²) in [6.07, 6.45) is 1.56. The van der Waals surface area contributed by atoms with Gasteiger partial charge in [0.25, 0.3) is 0 Å². The van der Waals surface area contributed by atoms with Gasteiger partial charge in [-0.1, -0.05) is 20.8 Å². The van der Waals surface area contributed by atoms with Crippen LogP contribution in [0.4, 0.5) is 26.5 Å². The van der Waals surface area contributed by atoms with Gasteiger partial charge in [-0.2, -0.15) is 0 Å². The summed E-state index contributed by atoms with van der Waals surface area (Å²) in [4.78, 5) is 28.9. The Morgan fingerprint density at radius 3 is 2.46 bits per heavy atom. The molecule has 180 valence electrons. The number of methoxy groups -OCH3 is 1. The lowest BCUT2D eigenvalue weighted by molar-refractivity contribution is 0.262. The predicted octanol–water partition coefficient (Wildman–Crippen LogP) is 5.21. The van der Waals surface area contributed by atoms with Crippen LogP contribution in [0.5, 0.6) is 5.75 Å². The number of imidazole rings is 1. The van der Waals surface area contributed by atoms with E-state index in [0.717, 1.165) is 5.82 Å². The Hall–Kier alpha value is -4.47. The van der Waals surface area contributed by atoms with Crippen molar-refractivity contribution >= 4 is 23.4 Å². The van der Waals surface area contributed by atoms with E-state index in [9.17, 15) is 9.18 Å². The highest BCUT2D eigenvalue weighted by atomic mass is 19.1. The molecule has 2 amide bonds. The van der Waals surface area contributed by atoms with E-state index in [-0.39, 0.29) is 17.1 Å². The first-order valence-electron chi connectivity index (χ1n) is 10.9. The van der Waals surface area contributed by atoms with E-state index in [1.54, 1.807) is 49.7 Å². The van der Waals surface area contributed by atoms with Crippen molar-refractivity contribution in [2.24, 2.45) is 0 Å². The second-order valence-corrected chi connectivity index (χ2v) is 8.86. The van der Waals surface area contributed by atoms with Gasteiger partial charge in [0.15, 0.2) is 0 Å². The van der Waals surface area contributed by atoms with Crippen LogP contribution in [0.15, 0.2) is 54.7 Å². The van der Waals surface area contributed by atoms with E-state index in [1.165, 1.54) is 12.1 Å². The molecule has 0 saturated heterocycles. The van der Waals surface area contributed by atoms with Crippen LogP contribution >= 0.6 is 0 Å². The minimum atomic E-state index is -0.590. The van der Waals surface area contributed by atoms with E-state index in [1.807, 2.05) is 20.8 Å². The van der Waals surface area contributed by atoms with E-state index in [0.29, 0.717) is 34.1 Å². The zero-order chi connectivity index (χ0) is 25.2. The van der Waals surface area contributed by atoms with Crippen molar-refractivity contribution in [2.45, 2.75) is 26.2 Å². The molecule has 0 radical (unpaired) electrons. The van der Waals surface area contributed by atoms with Crippen molar-refractivity contribution in [1.29, 1.82) is 0 Å². The van der Waals surface area contributed by atoms with Crippen molar-refractivity contribution in [3.05, 3.63) is 66.4 Å². The number of anilines is 3. The van der Waals surface area contributed by atoms with Crippen molar-refractivity contribution in [2.75, 3.05) is 23.5 Å². The molecular formula is C25H26FN7O2. The number of aromatic amines is 1. The quantitative estimate of drug-likeness (QED) is 0.314. The number of nitrogens with zero attached hydrogens (tertiary/aromatic N) is 3. The number of halogens is 1. The van der Waals surface area contributed by atoms with Gasteiger partial charge in [0.2, 0.25) is 5.95 Å². The number of urea groups is 1. The van der Waals surface area contributed by atoms with E-state index in [4.69, 9.17) is 15.5 Å². The number of hydrogen-bond acceptors (Lipinski definition) is 6. The van der Waals surface area contributed by atoms with Gasteiger partial charge in [-0.05, 0) is 48.5 Å². The highest BCUT2D eigenvalue weighted by Gasteiger charge is 2.24. The number of nitrogens with one attached hydrogen (secondary N) is 3. The topological polar surface area (TPSA) is 131 Å². The summed E-state index contributed by atoms with van der Waals surface area (Å²) in [5, 5.41) is 5.23. The molecule has 35 heavy (non-hydrogen) atoms. The molecule has 0 aliphatic rings. The molecule has 0 aliphatic carbocycles. The first-order valence-corrected chi connectivity index (χ1v) is 10.9. The van der Waals surface area contributed by atoms with E-state index < -0.39 is 11.8 Å². The summed E-state index contributed by atoms with van der Waals surface area (Å²) in [6, 6.07) is 12.3. The number of ether oxygens (including phenoxy) is 1. The van der Waals surface area contributed by atoms with Gasteiger partial charge in [-0.15, -0.1) is 0 Å². The molecule has 0 fully saturated rings. The van der Waals surface area contributed by atoms with Crippen LogP contribution in [-0.4, -0.2) is 33.1 Å². The SMILES string of the molecule is COc1ccc(NC(=O)Nc2cc(-c3nc(C(C)(C)C)[nH]c3-c3ccnc(N)n3)ccc2F)cc1. The summed E-state index contributed by atoms with van der Waals surface area (Å²) in [6.45, 7) is 6.07. The molecule has 2 aromatic carbocycles. The fourth-order valence-corrected chi connectivity index (χ4v) is 3.36. The van der Waals surface area contributed by atoms with Gasteiger partial charge in [0.05, 0.1) is 29.9 Å². The Morgan fingerprint density at radius 1 is 1.06 bits per heavy atom. The van der Waals surface area contributed by atoms with Crippen molar-refractivity contribution in [1.82, 2.24) is 19.9 Å². The van der Waals surface area contributed by atoms with Crippen LogP contribution in [-0.2, 0) is 5.41 Å². The smallest absolute Gasteiger partial charge is 0.323 e. The molecule has 0 spiro atoms. The number of amides is 2. The third-order valence-corrected chi connectivity index (χ3v) is 5.18. The Bertz CT molecular complexity index is 1360. The monoisotopic (exact) mass is 475 g/mol. The number of nitrogen functional groups attached to an aromatic ring is 1. The first-order chi connectivity index (χ1) is 16.6. The van der Waals surface area contributed by atoms with Gasteiger partial charge >= 0.3 is 6.03 Å². The minimum Gasteiger partial charge on any atom is -0.497 e. The van der Waals surface area contributed by atoms with Gasteiger partial charge in [0.1, 0.15) is 17.4 Å². The normalized spacial score (nSPS) is 11.2. The van der Waals surface area contributed by atoms with Crippen LogP contribution < -0.4 is 21.1 Å². The maximum absolute atomic E-state index is 14.6. The summed E-state index contributed by atoms with van der Waals surface area (Å²) < 4.78 is 19.7. The highest BCUT2D eigenvalue weighted by Crippen LogP contribution is 2.34. The Labute approximate surface area is 202 Å². The average Bonchev–Trinajstić information content (AvgIpc) is 3.27. The number of aromatic nitrogens is 4. The van der Waals surface area contributed by atoms with Crippen LogP contribution in [0.25, 0.3) is 22.6 Å². The number of carbonyl (C=O) groups excluding carboxylic acids is 1. The number of hydrogen-bond donors (Lipinski definition) is 4. The minimum absolute atomic E-state index is 0.00183. The molecule has 9 nitrogen and oxygen atoms in total. The molecule has 0 atom stereocenters. The third kappa shape index (κ3) is 5.37. The number of nitrogens with two attached hydrogens (primary N) is 1. The summed E-state index contributed by atoms with van der Waals surface area (Å²) in [5.74, 6) is 0.912. The molecule has 5 N–H and O–H groups in total. The summed E-state index contributed by atoms with van der Waals surface area (Å²) in [5.41, 5.74) is 8.33. The lowest BCUT2D eigenvalue weighted by Gasteiger charge is -2.14. The second-order valence-electron chi connectivity index (χ2n) is 8.86. The van der Waals surface area contributed by atoms with Crippen LogP contribution in [0.2, 0.25) is 0 Å². The fourth-order valence-electron chi connectivity index (χ4n) is 3.36. The van der Waals surface area contributed by atoms with E-state index >= 15 is 0 Å². The third-order valence-electron chi connectivity index (χ3n) is 5.18.